The highest BCUT2D eigenvalue weighted by molar-refractivity contribution is 6.20. The Labute approximate surface area is 459 Å². The molecule has 0 saturated carbocycles. The van der Waals surface area contributed by atoms with Gasteiger partial charge in [-0.15, -0.1) is 0 Å². The molecule has 1 aliphatic carbocycles. The van der Waals surface area contributed by atoms with Crippen molar-refractivity contribution in [3.63, 3.8) is 0 Å². The molecule has 0 fully saturated rings. The quantitative estimate of drug-likeness (QED) is 0.136. The first kappa shape index (κ1) is 48.5. The third kappa shape index (κ3) is 8.29. The van der Waals surface area contributed by atoms with Crippen molar-refractivity contribution in [2.75, 3.05) is 9.80 Å². The van der Waals surface area contributed by atoms with Crippen molar-refractivity contribution in [3.05, 3.63) is 300 Å². The standard InChI is InChI=1S/C75H62N2O/c1-73(2,3)55-35-43-60(44-36-55)76(59-39-31-53(32-40-59)51-21-11-7-12-22-51)63-47-48-64-66(49-63)75(57-25-15-9-16-26-57,58-27-17-10-18-28-58)67-50-68(72-71(70(64)67)65-29-19-20-30-69(65)78-72)77(62-45-37-56(38-46-62)74(4,5)6)61-41-33-54(34-42-61)52-23-13-8-14-24-52/h7-50H,1-6H3. The van der Waals surface area contributed by atoms with E-state index in [0.717, 1.165) is 61.6 Å². The minimum atomic E-state index is -0.775. The molecule has 0 atom stereocenters. The predicted molar refractivity (Wildman–Crippen MR) is 329 cm³/mol. The second-order valence-electron chi connectivity index (χ2n) is 22.9. The van der Waals surface area contributed by atoms with Crippen LogP contribution in [0, 0.1) is 0 Å². The molecule has 0 amide bonds. The lowest BCUT2D eigenvalue weighted by molar-refractivity contribution is 0.590. The largest absolute Gasteiger partial charge is 0.454 e. The molecule has 3 heteroatoms. The van der Waals surface area contributed by atoms with E-state index in [0.29, 0.717) is 0 Å². The van der Waals surface area contributed by atoms with Gasteiger partial charge in [-0.25, -0.2) is 0 Å². The number of furan rings is 1. The summed E-state index contributed by atoms with van der Waals surface area (Å²) >= 11 is 0. The molecule has 1 aromatic heterocycles. The van der Waals surface area contributed by atoms with Gasteiger partial charge in [0.2, 0.25) is 0 Å². The molecule has 0 aliphatic heterocycles. The molecular weight excluding hydrogens is 945 g/mol. The molecule has 1 aliphatic rings. The summed E-state index contributed by atoms with van der Waals surface area (Å²) in [6.07, 6.45) is 0. The number of fused-ring (bicyclic) bond motifs is 7. The number of rotatable bonds is 10. The zero-order valence-corrected chi connectivity index (χ0v) is 45.2. The van der Waals surface area contributed by atoms with Gasteiger partial charge in [-0.05, 0) is 150 Å². The highest BCUT2D eigenvalue weighted by Gasteiger charge is 2.48. The van der Waals surface area contributed by atoms with E-state index in [-0.39, 0.29) is 10.8 Å². The first-order chi connectivity index (χ1) is 37.9. The minimum absolute atomic E-state index is 0.00350. The Morgan fingerprint density at radius 1 is 0.346 bits per heavy atom. The number of para-hydroxylation sites is 1. The van der Waals surface area contributed by atoms with E-state index in [1.54, 1.807) is 0 Å². The summed E-state index contributed by atoms with van der Waals surface area (Å²) in [4.78, 5) is 4.85. The summed E-state index contributed by atoms with van der Waals surface area (Å²) in [5, 5.41) is 2.18. The van der Waals surface area contributed by atoms with Crippen molar-refractivity contribution in [2.45, 2.75) is 57.8 Å². The van der Waals surface area contributed by atoms with Crippen LogP contribution in [-0.2, 0) is 16.2 Å². The van der Waals surface area contributed by atoms with Crippen molar-refractivity contribution in [3.8, 4) is 33.4 Å². The second kappa shape index (κ2) is 19.1. The summed E-state index contributed by atoms with van der Waals surface area (Å²) in [6.45, 7) is 13.7. The van der Waals surface area contributed by atoms with Crippen LogP contribution in [0.2, 0.25) is 0 Å². The number of benzene rings is 11. The average molecular weight is 1010 g/mol. The Morgan fingerprint density at radius 3 is 1.22 bits per heavy atom. The number of nitrogens with zero attached hydrogens (tertiary/aromatic N) is 2. The van der Waals surface area contributed by atoms with E-state index >= 15 is 0 Å². The molecule has 0 bridgehead atoms. The fourth-order valence-corrected chi connectivity index (χ4v) is 12.1. The van der Waals surface area contributed by atoms with Crippen LogP contribution in [0.5, 0.6) is 0 Å². The lowest BCUT2D eigenvalue weighted by Crippen LogP contribution is -2.29. The van der Waals surface area contributed by atoms with Gasteiger partial charge in [-0.1, -0.05) is 236 Å². The summed E-state index contributed by atoms with van der Waals surface area (Å²) < 4.78 is 7.30. The van der Waals surface area contributed by atoms with Crippen LogP contribution in [0.3, 0.4) is 0 Å². The Kier molecular flexibility index (Phi) is 11.9. The van der Waals surface area contributed by atoms with Gasteiger partial charge < -0.3 is 14.2 Å². The normalized spacial score (nSPS) is 12.8. The van der Waals surface area contributed by atoms with E-state index in [9.17, 15) is 0 Å². The maximum absolute atomic E-state index is 7.30. The first-order valence-electron chi connectivity index (χ1n) is 27.3. The SMILES string of the molecule is CC(C)(C)c1ccc(N(c2ccc(-c3ccccc3)cc2)c2ccc3c(c2)C(c2ccccc2)(c2ccccc2)c2cc(N(c4ccc(-c5ccccc5)cc4)c4ccc(C(C)(C)C)cc4)c4oc5ccccc5c4c2-3)cc1. The number of hydrogen-bond donors (Lipinski definition) is 0. The fraction of sp³-hybridized carbons (Fsp3) is 0.120. The lowest BCUT2D eigenvalue weighted by atomic mass is 9.67. The zero-order valence-electron chi connectivity index (χ0n) is 45.2. The molecular formula is C75H62N2O. The van der Waals surface area contributed by atoms with E-state index in [2.05, 4.69) is 318 Å². The maximum Gasteiger partial charge on any atom is 0.160 e. The van der Waals surface area contributed by atoms with Gasteiger partial charge in [-0.3, -0.25) is 0 Å². The van der Waals surface area contributed by atoms with E-state index < -0.39 is 5.41 Å². The summed E-state index contributed by atoms with van der Waals surface area (Å²) in [5.41, 5.74) is 21.6. The van der Waals surface area contributed by atoms with Crippen LogP contribution >= 0.6 is 0 Å². The minimum Gasteiger partial charge on any atom is -0.454 e. The van der Waals surface area contributed by atoms with Gasteiger partial charge >= 0.3 is 0 Å². The average Bonchev–Trinajstić information content (AvgIpc) is 4.15. The van der Waals surface area contributed by atoms with Crippen molar-refractivity contribution in [1.82, 2.24) is 0 Å². The highest BCUT2D eigenvalue weighted by atomic mass is 16.3. The molecule has 0 N–H and O–H groups in total. The molecule has 0 unspecified atom stereocenters. The Morgan fingerprint density at radius 2 is 0.744 bits per heavy atom. The number of hydrogen-bond acceptors (Lipinski definition) is 3. The third-order valence-corrected chi connectivity index (χ3v) is 16.1. The highest BCUT2D eigenvalue weighted by Crippen LogP contribution is 2.62. The second-order valence-corrected chi connectivity index (χ2v) is 22.9. The molecule has 3 nitrogen and oxygen atoms in total. The predicted octanol–water partition coefficient (Wildman–Crippen LogP) is 20.8. The van der Waals surface area contributed by atoms with Gasteiger partial charge in [0.15, 0.2) is 5.58 Å². The van der Waals surface area contributed by atoms with Gasteiger partial charge in [0, 0.05) is 39.2 Å². The lowest BCUT2D eigenvalue weighted by Gasteiger charge is -2.36. The van der Waals surface area contributed by atoms with Crippen LogP contribution in [0.15, 0.2) is 271 Å². The molecule has 78 heavy (non-hydrogen) atoms. The Balaban J connectivity index is 1.10. The smallest absolute Gasteiger partial charge is 0.160 e. The molecule has 13 rings (SSSR count). The summed E-state index contributed by atoms with van der Waals surface area (Å²) in [7, 11) is 0. The van der Waals surface area contributed by atoms with E-state index in [4.69, 9.17) is 4.42 Å². The molecule has 12 aromatic rings. The Bertz CT molecular complexity index is 4050. The molecule has 1 heterocycles. The van der Waals surface area contributed by atoms with Crippen molar-refractivity contribution in [2.24, 2.45) is 0 Å². The van der Waals surface area contributed by atoms with Crippen LogP contribution in [0.4, 0.5) is 34.1 Å². The van der Waals surface area contributed by atoms with E-state index in [1.807, 2.05) is 0 Å². The van der Waals surface area contributed by atoms with Crippen LogP contribution in [0.1, 0.15) is 74.9 Å². The molecule has 0 saturated heterocycles. The molecule has 11 aromatic carbocycles. The number of anilines is 6. The van der Waals surface area contributed by atoms with Crippen molar-refractivity contribution in [1.29, 1.82) is 0 Å². The van der Waals surface area contributed by atoms with Crippen LogP contribution in [0.25, 0.3) is 55.3 Å². The first-order valence-corrected chi connectivity index (χ1v) is 27.3. The third-order valence-electron chi connectivity index (χ3n) is 16.1. The van der Waals surface area contributed by atoms with Gasteiger partial charge in [0.1, 0.15) is 5.58 Å². The van der Waals surface area contributed by atoms with Gasteiger partial charge in [0.05, 0.1) is 11.1 Å². The molecule has 0 radical (unpaired) electrons. The van der Waals surface area contributed by atoms with Gasteiger partial charge in [-0.2, -0.15) is 0 Å². The van der Waals surface area contributed by atoms with Crippen LogP contribution in [-0.4, -0.2) is 0 Å². The monoisotopic (exact) mass is 1010 g/mol. The summed E-state index contributed by atoms with van der Waals surface area (Å²) in [5.74, 6) is 0. The van der Waals surface area contributed by atoms with Gasteiger partial charge in [0.25, 0.3) is 0 Å². The maximum atomic E-state index is 7.30. The topological polar surface area (TPSA) is 19.6 Å². The molecule has 378 valence electrons. The molecule has 0 spiro atoms. The van der Waals surface area contributed by atoms with Crippen LogP contribution < -0.4 is 9.80 Å². The van der Waals surface area contributed by atoms with Crippen molar-refractivity contribution >= 4 is 56.1 Å². The van der Waals surface area contributed by atoms with E-state index in [1.165, 1.54) is 61.2 Å². The summed E-state index contributed by atoms with van der Waals surface area (Å²) in [6, 6.07) is 98.3. The zero-order chi connectivity index (χ0) is 53.2. The Hall–Kier alpha value is -9.18. The fourth-order valence-electron chi connectivity index (χ4n) is 12.1. The van der Waals surface area contributed by atoms with Crippen molar-refractivity contribution < 1.29 is 4.42 Å².